The first-order valence-electron chi connectivity index (χ1n) is 13.2. The summed E-state index contributed by atoms with van der Waals surface area (Å²) in [6.07, 6.45) is 6.42. The van der Waals surface area contributed by atoms with Gasteiger partial charge in [-0.3, -0.25) is 19.2 Å². The minimum Gasteiger partial charge on any atom is -0.496 e. The molecule has 3 unspecified atom stereocenters. The minimum absolute atomic E-state index is 0.00896. The molecule has 5 rings (SSSR count). The third-order valence-corrected chi connectivity index (χ3v) is 8.36. The number of amides is 2. The number of aromatic nitrogens is 1. The molecule has 0 bridgehead atoms. The lowest BCUT2D eigenvalue weighted by molar-refractivity contribution is -0.131. The second kappa shape index (κ2) is 9.71. The number of benzene rings is 1. The summed E-state index contributed by atoms with van der Waals surface area (Å²) in [7, 11) is 1.59. The number of fused-ring (bicyclic) bond motifs is 1. The summed E-state index contributed by atoms with van der Waals surface area (Å²) in [6, 6.07) is 6.04. The van der Waals surface area contributed by atoms with E-state index in [-0.39, 0.29) is 34.7 Å². The summed E-state index contributed by atoms with van der Waals surface area (Å²) in [5, 5.41) is 3.77. The molecule has 3 fully saturated rings. The number of ketones is 2. The molecular formula is C28H35N3O5. The van der Waals surface area contributed by atoms with Crippen LogP contribution in [0.2, 0.25) is 0 Å². The second-order valence-corrected chi connectivity index (χ2v) is 10.8. The smallest absolute Gasteiger partial charge is 0.271 e. The number of likely N-dealkylation sites (tertiary alicyclic amines) is 1. The average Bonchev–Trinajstić information content (AvgIpc) is 3.32. The molecule has 36 heavy (non-hydrogen) atoms. The number of aromatic amines is 1. The zero-order valence-corrected chi connectivity index (χ0v) is 21.1. The number of methoxy groups -OCH3 is 1. The van der Waals surface area contributed by atoms with Crippen molar-refractivity contribution in [3.63, 3.8) is 0 Å². The third-order valence-electron chi connectivity index (χ3n) is 8.36. The molecule has 3 atom stereocenters. The molecule has 2 heterocycles. The van der Waals surface area contributed by atoms with E-state index in [2.05, 4.69) is 10.3 Å². The van der Waals surface area contributed by atoms with Gasteiger partial charge >= 0.3 is 0 Å². The molecular weight excluding hydrogens is 458 g/mol. The van der Waals surface area contributed by atoms with Gasteiger partial charge in [0.05, 0.1) is 13.2 Å². The summed E-state index contributed by atoms with van der Waals surface area (Å²) >= 11 is 0. The van der Waals surface area contributed by atoms with E-state index < -0.39 is 12.1 Å². The standard InChI is InChI=1S/C28H35N3O5/c1-3-23(32)20(13-17-7-4-5-9-24(17)33)30-26(34)22-15-28(11-12-28)16-31(22)27(35)21-14-18-19(29-21)8-6-10-25(18)36-2/h6,8,10,14,17,20,22,29H,3-5,7,9,11-13,15-16H2,1-2H3,(H,30,34). The van der Waals surface area contributed by atoms with Crippen LogP contribution in [0.1, 0.15) is 75.2 Å². The van der Waals surface area contributed by atoms with E-state index in [0.29, 0.717) is 43.7 Å². The van der Waals surface area contributed by atoms with E-state index in [0.717, 1.165) is 43.0 Å². The second-order valence-electron chi connectivity index (χ2n) is 10.8. The van der Waals surface area contributed by atoms with Crippen LogP contribution < -0.4 is 10.1 Å². The zero-order valence-electron chi connectivity index (χ0n) is 21.1. The SMILES string of the molecule is CCC(=O)C(CC1CCCCC1=O)NC(=O)C1CC2(CC2)CN1C(=O)c1cc2c(OC)cccc2[nH]1. The van der Waals surface area contributed by atoms with E-state index in [9.17, 15) is 19.2 Å². The summed E-state index contributed by atoms with van der Waals surface area (Å²) in [6.45, 7) is 2.31. The number of H-pyrrole nitrogens is 1. The van der Waals surface area contributed by atoms with E-state index in [1.807, 2.05) is 18.2 Å². The first kappa shape index (κ1) is 24.5. The number of hydrogen-bond acceptors (Lipinski definition) is 5. The maximum atomic E-state index is 13.6. The Labute approximate surface area is 211 Å². The molecule has 192 valence electrons. The molecule has 2 aromatic rings. The van der Waals surface area contributed by atoms with Crippen molar-refractivity contribution in [3.05, 3.63) is 30.0 Å². The highest BCUT2D eigenvalue weighted by Gasteiger charge is 2.55. The number of hydrogen-bond donors (Lipinski definition) is 2. The zero-order chi connectivity index (χ0) is 25.4. The van der Waals surface area contributed by atoms with Crippen LogP contribution in [0.4, 0.5) is 0 Å². The monoisotopic (exact) mass is 493 g/mol. The van der Waals surface area contributed by atoms with E-state index in [4.69, 9.17) is 4.74 Å². The molecule has 1 aliphatic heterocycles. The maximum Gasteiger partial charge on any atom is 0.271 e. The van der Waals surface area contributed by atoms with Crippen molar-refractivity contribution in [2.75, 3.05) is 13.7 Å². The van der Waals surface area contributed by atoms with E-state index >= 15 is 0 Å². The van der Waals surface area contributed by atoms with Gasteiger partial charge in [-0.2, -0.15) is 0 Å². The van der Waals surface area contributed by atoms with Crippen molar-refractivity contribution < 1.29 is 23.9 Å². The molecule has 2 N–H and O–H groups in total. The van der Waals surface area contributed by atoms with Crippen molar-refractivity contribution >= 4 is 34.3 Å². The number of nitrogens with zero attached hydrogens (tertiary/aromatic N) is 1. The van der Waals surface area contributed by atoms with Crippen molar-refractivity contribution in [2.24, 2.45) is 11.3 Å². The summed E-state index contributed by atoms with van der Waals surface area (Å²) in [5.41, 5.74) is 1.20. The van der Waals surface area contributed by atoms with Crippen LogP contribution in [0.25, 0.3) is 10.9 Å². The predicted octanol–water partition coefficient (Wildman–Crippen LogP) is 3.78. The highest BCUT2D eigenvalue weighted by atomic mass is 16.5. The number of rotatable bonds is 8. The van der Waals surface area contributed by atoms with Gasteiger partial charge in [0.2, 0.25) is 5.91 Å². The lowest BCUT2D eigenvalue weighted by Gasteiger charge is -2.28. The number of carbonyl (C=O) groups excluding carboxylic acids is 4. The topological polar surface area (TPSA) is 109 Å². The van der Waals surface area contributed by atoms with Gasteiger partial charge in [0.25, 0.3) is 5.91 Å². The summed E-state index contributed by atoms with van der Waals surface area (Å²) in [4.78, 5) is 57.2. The lowest BCUT2D eigenvalue weighted by atomic mass is 9.82. The van der Waals surface area contributed by atoms with Gasteiger partial charge in [0.1, 0.15) is 23.3 Å². The molecule has 2 aliphatic carbocycles. The van der Waals surface area contributed by atoms with Gasteiger partial charge in [0.15, 0.2) is 5.78 Å². The molecule has 3 aliphatic rings. The van der Waals surface area contributed by atoms with Crippen LogP contribution in [-0.2, 0) is 14.4 Å². The molecule has 2 amide bonds. The first-order chi connectivity index (χ1) is 17.3. The lowest BCUT2D eigenvalue weighted by Crippen LogP contribution is -2.51. The normalized spacial score (nSPS) is 23.6. The molecule has 1 aromatic carbocycles. The summed E-state index contributed by atoms with van der Waals surface area (Å²) < 4.78 is 5.43. The minimum atomic E-state index is -0.695. The van der Waals surface area contributed by atoms with Gasteiger partial charge in [-0.15, -0.1) is 0 Å². The van der Waals surface area contributed by atoms with Gasteiger partial charge in [-0.25, -0.2) is 0 Å². The Balaban J connectivity index is 1.36. The molecule has 1 spiro atoms. The fourth-order valence-corrected chi connectivity index (χ4v) is 5.99. The van der Waals surface area contributed by atoms with Gasteiger partial charge in [0, 0.05) is 36.2 Å². The van der Waals surface area contributed by atoms with Gasteiger partial charge in [-0.1, -0.05) is 19.4 Å². The van der Waals surface area contributed by atoms with E-state index in [1.54, 1.807) is 25.0 Å². The Morgan fingerprint density at radius 2 is 2.06 bits per heavy atom. The van der Waals surface area contributed by atoms with E-state index in [1.165, 1.54) is 0 Å². The number of carbonyl (C=O) groups is 4. The highest BCUT2D eigenvalue weighted by Crippen LogP contribution is 2.55. The van der Waals surface area contributed by atoms with Crippen LogP contribution in [0.3, 0.4) is 0 Å². The van der Waals surface area contributed by atoms with Crippen LogP contribution >= 0.6 is 0 Å². The Kier molecular flexibility index (Phi) is 6.62. The Morgan fingerprint density at radius 3 is 2.75 bits per heavy atom. The van der Waals surface area contributed by atoms with Crippen LogP contribution in [-0.4, -0.2) is 59.0 Å². The Morgan fingerprint density at radius 1 is 1.25 bits per heavy atom. The fourth-order valence-electron chi connectivity index (χ4n) is 5.99. The molecule has 2 saturated carbocycles. The third kappa shape index (κ3) is 4.65. The maximum absolute atomic E-state index is 13.6. The quantitative estimate of drug-likeness (QED) is 0.582. The number of Topliss-reactive ketones (excluding diaryl/α,β-unsaturated/α-hetero) is 2. The van der Waals surface area contributed by atoms with Gasteiger partial charge < -0.3 is 19.9 Å². The predicted molar refractivity (Wildman–Crippen MR) is 135 cm³/mol. The Hall–Kier alpha value is -3.16. The molecule has 0 radical (unpaired) electrons. The van der Waals surface area contributed by atoms with Crippen molar-refractivity contribution in [2.45, 2.75) is 76.8 Å². The summed E-state index contributed by atoms with van der Waals surface area (Å²) in [5.74, 6) is 0.0934. The average molecular weight is 494 g/mol. The van der Waals surface area contributed by atoms with Crippen molar-refractivity contribution in [1.82, 2.24) is 15.2 Å². The van der Waals surface area contributed by atoms with Crippen molar-refractivity contribution in [3.8, 4) is 5.75 Å². The van der Waals surface area contributed by atoms with Gasteiger partial charge in [-0.05, 0) is 62.1 Å². The fraction of sp³-hybridized carbons (Fsp3) is 0.571. The molecule has 1 saturated heterocycles. The first-order valence-corrected chi connectivity index (χ1v) is 13.2. The van der Waals surface area contributed by atoms with Crippen molar-refractivity contribution in [1.29, 1.82) is 0 Å². The van der Waals surface area contributed by atoms with Crippen LogP contribution in [0.15, 0.2) is 24.3 Å². The number of ether oxygens (including phenoxy) is 1. The molecule has 8 nitrogen and oxygen atoms in total. The molecule has 8 heteroatoms. The number of nitrogens with one attached hydrogen (secondary N) is 2. The largest absolute Gasteiger partial charge is 0.496 e. The molecule has 1 aromatic heterocycles. The highest BCUT2D eigenvalue weighted by molar-refractivity contribution is 6.02. The Bertz CT molecular complexity index is 1200. The van der Waals surface area contributed by atoms with Crippen LogP contribution in [0, 0.1) is 11.3 Å². The van der Waals surface area contributed by atoms with Crippen LogP contribution in [0.5, 0.6) is 5.75 Å².